The van der Waals surface area contributed by atoms with Gasteiger partial charge < -0.3 is 14.6 Å². The number of carbonyl (C=O) groups excluding carboxylic acids is 1. The average Bonchev–Trinajstić information content (AvgIpc) is 3.38. The number of carbonyl (C=O) groups is 1. The SMILES string of the molecule is Cc1cccc(-c2noc(-c3ccccc3C(=O)NC[C@H]3CCCO3)n2)c1. The largest absolute Gasteiger partial charge is 0.376 e. The molecule has 1 aliphatic heterocycles. The first-order chi connectivity index (χ1) is 13.2. The first-order valence-electron chi connectivity index (χ1n) is 9.10. The van der Waals surface area contributed by atoms with E-state index in [1.54, 1.807) is 6.07 Å². The molecule has 1 amide bonds. The summed E-state index contributed by atoms with van der Waals surface area (Å²) >= 11 is 0. The predicted octanol–water partition coefficient (Wildman–Crippen LogP) is 3.62. The molecule has 0 spiro atoms. The van der Waals surface area contributed by atoms with Crippen LogP contribution < -0.4 is 5.32 Å². The van der Waals surface area contributed by atoms with Crippen LogP contribution in [0.4, 0.5) is 0 Å². The van der Waals surface area contributed by atoms with Crippen LogP contribution in [0, 0.1) is 6.92 Å². The Morgan fingerprint density at radius 2 is 2.11 bits per heavy atom. The molecule has 27 heavy (non-hydrogen) atoms. The molecule has 2 aromatic carbocycles. The van der Waals surface area contributed by atoms with E-state index in [-0.39, 0.29) is 12.0 Å². The van der Waals surface area contributed by atoms with Crippen molar-refractivity contribution in [1.82, 2.24) is 15.5 Å². The van der Waals surface area contributed by atoms with E-state index >= 15 is 0 Å². The Morgan fingerprint density at radius 1 is 1.22 bits per heavy atom. The Labute approximate surface area is 157 Å². The summed E-state index contributed by atoms with van der Waals surface area (Å²) in [5, 5.41) is 7.02. The number of amides is 1. The Balaban J connectivity index is 1.56. The Hall–Kier alpha value is -2.99. The van der Waals surface area contributed by atoms with Gasteiger partial charge in [0.25, 0.3) is 11.8 Å². The summed E-state index contributed by atoms with van der Waals surface area (Å²) in [5.41, 5.74) is 3.13. The lowest BCUT2D eigenvalue weighted by Crippen LogP contribution is -2.32. The van der Waals surface area contributed by atoms with E-state index in [9.17, 15) is 4.79 Å². The number of hydrogen-bond donors (Lipinski definition) is 1. The summed E-state index contributed by atoms with van der Waals surface area (Å²) < 4.78 is 11.0. The molecule has 0 aliphatic carbocycles. The van der Waals surface area contributed by atoms with Gasteiger partial charge in [0.1, 0.15) is 0 Å². The van der Waals surface area contributed by atoms with E-state index in [1.165, 1.54) is 0 Å². The van der Waals surface area contributed by atoms with Crippen molar-refractivity contribution < 1.29 is 14.1 Å². The zero-order chi connectivity index (χ0) is 18.6. The van der Waals surface area contributed by atoms with Gasteiger partial charge >= 0.3 is 0 Å². The zero-order valence-electron chi connectivity index (χ0n) is 15.1. The number of aryl methyl sites for hydroxylation is 1. The van der Waals surface area contributed by atoms with E-state index in [2.05, 4.69) is 15.5 Å². The molecule has 0 bridgehead atoms. The third-order valence-electron chi connectivity index (χ3n) is 4.62. The van der Waals surface area contributed by atoms with Gasteiger partial charge in [-0.15, -0.1) is 0 Å². The lowest BCUT2D eigenvalue weighted by Gasteiger charge is -2.11. The maximum atomic E-state index is 12.7. The summed E-state index contributed by atoms with van der Waals surface area (Å²) in [6.45, 7) is 3.28. The minimum absolute atomic E-state index is 0.0949. The van der Waals surface area contributed by atoms with E-state index in [1.807, 2.05) is 49.4 Å². The number of aromatic nitrogens is 2. The van der Waals surface area contributed by atoms with Crippen LogP contribution in [-0.2, 0) is 4.74 Å². The highest BCUT2D eigenvalue weighted by atomic mass is 16.5. The summed E-state index contributed by atoms with van der Waals surface area (Å²) in [5.74, 6) is 0.661. The fourth-order valence-corrected chi connectivity index (χ4v) is 3.21. The summed E-state index contributed by atoms with van der Waals surface area (Å²) in [4.78, 5) is 17.2. The Morgan fingerprint density at radius 3 is 2.93 bits per heavy atom. The monoisotopic (exact) mass is 363 g/mol. The molecule has 1 aromatic heterocycles. The van der Waals surface area contributed by atoms with Crippen LogP contribution in [0.25, 0.3) is 22.8 Å². The molecule has 1 aliphatic rings. The minimum atomic E-state index is -0.170. The third kappa shape index (κ3) is 3.90. The van der Waals surface area contributed by atoms with Gasteiger partial charge in [0.2, 0.25) is 5.82 Å². The van der Waals surface area contributed by atoms with Gasteiger partial charge in [-0.05, 0) is 38.0 Å². The first kappa shape index (κ1) is 17.4. The second-order valence-electron chi connectivity index (χ2n) is 6.68. The van der Waals surface area contributed by atoms with E-state index < -0.39 is 0 Å². The molecule has 0 saturated carbocycles. The van der Waals surface area contributed by atoms with Crippen molar-refractivity contribution in [2.24, 2.45) is 0 Å². The standard InChI is InChI=1S/C21H21N3O3/c1-14-6-4-7-15(12-14)19-23-21(27-24-19)18-10-3-2-9-17(18)20(25)22-13-16-8-5-11-26-16/h2-4,6-7,9-10,12,16H,5,8,11,13H2,1H3,(H,22,25)/t16-/m1/s1. The van der Waals surface area contributed by atoms with Crippen molar-refractivity contribution in [2.45, 2.75) is 25.9 Å². The van der Waals surface area contributed by atoms with Crippen LogP contribution in [0.2, 0.25) is 0 Å². The fourth-order valence-electron chi connectivity index (χ4n) is 3.21. The number of nitrogens with zero attached hydrogens (tertiary/aromatic N) is 2. The van der Waals surface area contributed by atoms with Crippen LogP contribution in [0.3, 0.4) is 0 Å². The normalized spacial score (nSPS) is 16.4. The molecule has 3 aromatic rings. The molecule has 6 heteroatoms. The first-order valence-corrected chi connectivity index (χ1v) is 9.10. The van der Waals surface area contributed by atoms with E-state index in [0.29, 0.717) is 29.4 Å². The summed E-state index contributed by atoms with van der Waals surface area (Å²) in [6, 6.07) is 15.1. The van der Waals surface area contributed by atoms with Crippen LogP contribution >= 0.6 is 0 Å². The number of nitrogens with one attached hydrogen (secondary N) is 1. The second kappa shape index (κ2) is 7.72. The highest BCUT2D eigenvalue weighted by Crippen LogP contribution is 2.25. The smallest absolute Gasteiger partial charge is 0.259 e. The van der Waals surface area contributed by atoms with Crippen molar-refractivity contribution >= 4 is 5.91 Å². The quantitative estimate of drug-likeness (QED) is 0.749. The van der Waals surface area contributed by atoms with Crippen LogP contribution in [-0.4, -0.2) is 35.3 Å². The molecular formula is C21H21N3O3. The van der Waals surface area contributed by atoms with Gasteiger partial charge in [-0.2, -0.15) is 4.98 Å². The van der Waals surface area contributed by atoms with Gasteiger partial charge in [-0.25, -0.2) is 0 Å². The van der Waals surface area contributed by atoms with E-state index in [4.69, 9.17) is 9.26 Å². The Kier molecular flexibility index (Phi) is 4.98. The molecule has 0 radical (unpaired) electrons. The summed E-state index contributed by atoms with van der Waals surface area (Å²) in [7, 11) is 0. The van der Waals surface area contributed by atoms with Gasteiger partial charge in [0.05, 0.1) is 17.2 Å². The van der Waals surface area contributed by atoms with Gasteiger partial charge in [0, 0.05) is 18.7 Å². The molecule has 1 fully saturated rings. The molecule has 6 nitrogen and oxygen atoms in total. The number of ether oxygens (including phenoxy) is 1. The van der Waals surface area contributed by atoms with Crippen molar-refractivity contribution in [3.05, 3.63) is 59.7 Å². The molecule has 1 N–H and O–H groups in total. The maximum Gasteiger partial charge on any atom is 0.259 e. The maximum absolute atomic E-state index is 12.7. The summed E-state index contributed by atoms with van der Waals surface area (Å²) in [6.07, 6.45) is 2.11. The second-order valence-corrected chi connectivity index (χ2v) is 6.68. The topological polar surface area (TPSA) is 77.2 Å². The highest BCUT2D eigenvalue weighted by molar-refractivity contribution is 6.00. The van der Waals surface area contributed by atoms with Gasteiger partial charge in [-0.1, -0.05) is 41.1 Å². The lowest BCUT2D eigenvalue weighted by atomic mass is 10.1. The molecule has 1 atom stereocenters. The number of rotatable bonds is 5. The van der Waals surface area contributed by atoms with Crippen LogP contribution in [0.1, 0.15) is 28.8 Å². The fraction of sp³-hybridized carbons (Fsp3) is 0.286. The zero-order valence-corrected chi connectivity index (χ0v) is 15.1. The number of benzene rings is 2. The molecule has 4 rings (SSSR count). The number of hydrogen-bond acceptors (Lipinski definition) is 5. The van der Waals surface area contributed by atoms with Crippen molar-refractivity contribution in [3.63, 3.8) is 0 Å². The highest BCUT2D eigenvalue weighted by Gasteiger charge is 2.20. The van der Waals surface area contributed by atoms with Crippen molar-refractivity contribution in [3.8, 4) is 22.8 Å². The average molecular weight is 363 g/mol. The molecule has 2 heterocycles. The molecule has 0 unspecified atom stereocenters. The van der Waals surface area contributed by atoms with Gasteiger partial charge in [0.15, 0.2) is 0 Å². The minimum Gasteiger partial charge on any atom is -0.376 e. The molecule has 138 valence electrons. The van der Waals surface area contributed by atoms with Gasteiger partial charge in [-0.3, -0.25) is 4.79 Å². The van der Waals surface area contributed by atoms with Crippen molar-refractivity contribution in [2.75, 3.05) is 13.2 Å². The Bertz CT molecular complexity index is 945. The molecule has 1 saturated heterocycles. The van der Waals surface area contributed by atoms with Crippen LogP contribution in [0.5, 0.6) is 0 Å². The van der Waals surface area contributed by atoms with Crippen molar-refractivity contribution in [1.29, 1.82) is 0 Å². The predicted molar refractivity (Wildman–Crippen MR) is 101 cm³/mol. The van der Waals surface area contributed by atoms with E-state index in [0.717, 1.165) is 30.6 Å². The lowest BCUT2D eigenvalue weighted by molar-refractivity contribution is 0.0858. The van der Waals surface area contributed by atoms with Crippen LogP contribution in [0.15, 0.2) is 53.1 Å². The third-order valence-corrected chi connectivity index (χ3v) is 4.62. The molecular weight excluding hydrogens is 342 g/mol.